The van der Waals surface area contributed by atoms with Crippen LogP contribution < -0.4 is 0 Å². The minimum atomic E-state index is -1.74. The minimum Gasteiger partial charge on any atom is -0.290 e. The molecule has 0 N–H and O–H groups in total. The molecule has 98 valence electrons. The summed E-state index contributed by atoms with van der Waals surface area (Å²) in [5.74, 6) is -1.65. The quantitative estimate of drug-likeness (QED) is 0.695. The standard InChI is InChI=1S/C11H14N2O4S/c1-4-17-18(16)13-10-6(2)5-8(14)11(15)9(10)7(3)12-13/h5,9-10H,4H2,1-3H3. The summed E-state index contributed by atoms with van der Waals surface area (Å²) in [6.07, 6.45) is 1.29. The Morgan fingerprint density at radius 1 is 1.44 bits per heavy atom. The van der Waals surface area contributed by atoms with E-state index in [1.165, 1.54) is 10.5 Å². The maximum atomic E-state index is 11.9. The summed E-state index contributed by atoms with van der Waals surface area (Å²) >= 11 is -1.74. The lowest BCUT2D eigenvalue weighted by molar-refractivity contribution is -0.136. The van der Waals surface area contributed by atoms with Gasteiger partial charge >= 0.3 is 0 Å². The van der Waals surface area contributed by atoms with Gasteiger partial charge in [-0.25, -0.2) is 4.21 Å². The molecule has 0 saturated carbocycles. The van der Waals surface area contributed by atoms with Gasteiger partial charge in [-0.05, 0) is 32.4 Å². The summed E-state index contributed by atoms with van der Waals surface area (Å²) in [4.78, 5) is 23.3. The van der Waals surface area contributed by atoms with Crippen LogP contribution in [0.2, 0.25) is 0 Å². The summed E-state index contributed by atoms with van der Waals surface area (Å²) < 4.78 is 18.1. The second-order valence-corrected chi connectivity index (χ2v) is 5.25. The first-order valence-electron chi connectivity index (χ1n) is 5.63. The molecule has 0 fully saturated rings. The smallest absolute Gasteiger partial charge is 0.281 e. The Hall–Kier alpha value is -1.34. The molecular formula is C11H14N2O4S. The Bertz CT molecular complexity index is 497. The number of carbonyl (C=O) groups excluding carboxylic acids is 2. The Labute approximate surface area is 107 Å². The van der Waals surface area contributed by atoms with Crippen LogP contribution in [0.4, 0.5) is 0 Å². The van der Waals surface area contributed by atoms with Crippen molar-refractivity contribution in [3.63, 3.8) is 0 Å². The first kappa shape index (κ1) is 13.1. The van der Waals surface area contributed by atoms with Crippen LogP contribution in [0.3, 0.4) is 0 Å². The van der Waals surface area contributed by atoms with E-state index in [-0.39, 0.29) is 6.61 Å². The van der Waals surface area contributed by atoms with Crippen LogP contribution in [0, 0.1) is 5.92 Å². The van der Waals surface area contributed by atoms with Crippen LogP contribution in [-0.2, 0) is 25.0 Å². The van der Waals surface area contributed by atoms with Crippen molar-refractivity contribution < 1.29 is 18.0 Å². The molecule has 2 rings (SSSR count). The van der Waals surface area contributed by atoms with E-state index in [4.69, 9.17) is 4.18 Å². The van der Waals surface area contributed by atoms with E-state index < -0.39 is 34.8 Å². The van der Waals surface area contributed by atoms with Gasteiger partial charge < -0.3 is 0 Å². The van der Waals surface area contributed by atoms with Crippen LogP contribution >= 0.6 is 0 Å². The van der Waals surface area contributed by atoms with E-state index in [1.807, 2.05) is 0 Å². The van der Waals surface area contributed by atoms with Gasteiger partial charge in [0.15, 0.2) is 0 Å². The molecule has 2 aliphatic rings. The molecule has 0 aromatic rings. The largest absolute Gasteiger partial charge is 0.290 e. The number of Topliss-reactive ketones (excluding diaryl/α,β-unsaturated/α-hetero) is 1. The first-order valence-corrected chi connectivity index (χ1v) is 6.66. The Morgan fingerprint density at radius 2 is 2.11 bits per heavy atom. The van der Waals surface area contributed by atoms with Gasteiger partial charge in [0.05, 0.1) is 12.5 Å². The van der Waals surface area contributed by atoms with E-state index in [1.54, 1.807) is 20.8 Å². The monoisotopic (exact) mass is 270 g/mol. The van der Waals surface area contributed by atoms with Crippen LogP contribution in [0.25, 0.3) is 0 Å². The Balaban J connectivity index is 2.38. The number of hydrogen-bond donors (Lipinski definition) is 0. The molecule has 1 aliphatic carbocycles. The molecule has 0 aromatic carbocycles. The number of carbonyl (C=O) groups is 2. The van der Waals surface area contributed by atoms with E-state index in [9.17, 15) is 13.8 Å². The van der Waals surface area contributed by atoms with Crippen LogP contribution in [0.5, 0.6) is 0 Å². The maximum Gasteiger partial charge on any atom is 0.281 e. The molecule has 0 amide bonds. The number of allylic oxidation sites excluding steroid dienone is 1. The summed E-state index contributed by atoms with van der Waals surface area (Å²) in [5.41, 5.74) is 1.18. The average Bonchev–Trinajstić information content (AvgIpc) is 2.65. The molecule has 1 heterocycles. The normalized spacial score (nSPS) is 28.9. The highest BCUT2D eigenvalue weighted by molar-refractivity contribution is 7.77. The van der Waals surface area contributed by atoms with E-state index in [0.717, 1.165) is 0 Å². The second kappa shape index (κ2) is 4.74. The third-order valence-electron chi connectivity index (χ3n) is 2.98. The third kappa shape index (κ3) is 1.93. The summed E-state index contributed by atoms with van der Waals surface area (Å²) in [7, 11) is 0. The van der Waals surface area contributed by atoms with Gasteiger partial charge in [0.1, 0.15) is 6.04 Å². The summed E-state index contributed by atoms with van der Waals surface area (Å²) in [5, 5.41) is 4.10. The van der Waals surface area contributed by atoms with Crippen molar-refractivity contribution in [1.82, 2.24) is 4.41 Å². The van der Waals surface area contributed by atoms with Gasteiger partial charge in [0.25, 0.3) is 11.3 Å². The Morgan fingerprint density at radius 3 is 2.72 bits per heavy atom. The van der Waals surface area contributed by atoms with Gasteiger partial charge in [-0.3, -0.25) is 13.8 Å². The lowest BCUT2D eigenvalue weighted by Gasteiger charge is -2.28. The van der Waals surface area contributed by atoms with Crippen molar-refractivity contribution in [2.75, 3.05) is 6.61 Å². The minimum absolute atomic E-state index is 0.282. The van der Waals surface area contributed by atoms with Gasteiger partial charge in [-0.1, -0.05) is 0 Å². The SMILES string of the molecule is CCOS(=O)N1N=C(C)C2C(=O)C(=O)C=C(C)C21. The van der Waals surface area contributed by atoms with Crippen molar-refractivity contribution in [3.8, 4) is 0 Å². The molecule has 3 atom stereocenters. The highest BCUT2D eigenvalue weighted by atomic mass is 32.2. The summed E-state index contributed by atoms with van der Waals surface area (Å²) in [6, 6.07) is -0.470. The molecule has 1 aliphatic heterocycles. The average molecular weight is 270 g/mol. The fraction of sp³-hybridized carbons (Fsp3) is 0.545. The molecule has 0 spiro atoms. The molecule has 0 bridgehead atoms. The van der Waals surface area contributed by atoms with Crippen LogP contribution in [0.15, 0.2) is 16.8 Å². The highest BCUT2D eigenvalue weighted by Crippen LogP contribution is 2.33. The van der Waals surface area contributed by atoms with E-state index in [2.05, 4.69) is 5.10 Å². The number of fused-ring (bicyclic) bond motifs is 1. The van der Waals surface area contributed by atoms with Gasteiger partial charge in [0, 0.05) is 5.71 Å². The van der Waals surface area contributed by atoms with Crippen molar-refractivity contribution >= 4 is 28.5 Å². The fourth-order valence-electron chi connectivity index (χ4n) is 2.20. The lowest BCUT2D eigenvalue weighted by atomic mass is 9.81. The number of nitrogens with zero attached hydrogens (tertiary/aromatic N) is 2. The van der Waals surface area contributed by atoms with E-state index >= 15 is 0 Å². The third-order valence-corrected chi connectivity index (χ3v) is 4.03. The predicted molar refractivity (Wildman–Crippen MR) is 65.8 cm³/mol. The van der Waals surface area contributed by atoms with Crippen molar-refractivity contribution in [1.29, 1.82) is 0 Å². The highest BCUT2D eigenvalue weighted by Gasteiger charge is 2.48. The topological polar surface area (TPSA) is 76.0 Å². The number of rotatable bonds is 3. The molecule has 6 nitrogen and oxygen atoms in total. The van der Waals surface area contributed by atoms with E-state index in [0.29, 0.717) is 11.3 Å². The van der Waals surface area contributed by atoms with Gasteiger partial charge in [-0.15, -0.1) is 0 Å². The lowest BCUT2D eigenvalue weighted by Crippen LogP contribution is -2.44. The van der Waals surface area contributed by atoms with Crippen molar-refractivity contribution in [2.24, 2.45) is 11.0 Å². The molecule has 0 aromatic heterocycles. The zero-order chi connectivity index (χ0) is 13.4. The molecular weight excluding hydrogens is 256 g/mol. The Kier molecular flexibility index (Phi) is 3.45. The van der Waals surface area contributed by atoms with Crippen LogP contribution in [0.1, 0.15) is 20.8 Å². The second-order valence-electron chi connectivity index (χ2n) is 4.21. The zero-order valence-corrected chi connectivity index (χ0v) is 11.2. The van der Waals surface area contributed by atoms with Crippen LogP contribution in [-0.4, -0.2) is 38.6 Å². The molecule has 18 heavy (non-hydrogen) atoms. The number of ketones is 2. The van der Waals surface area contributed by atoms with Gasteiger partial charge in [0.2, 0.25) is 11.6 Å². The number of hydrazone groups is 1. The van der Waals surface area contributed by atoms with Crippen molar-refractivity contribution in [3.05, 3.63) is 11.6 Å². The van der Waals surface area contributed by atoms with Gasteiger partial charge in [-0.2, -0.15) is 9.52 Å². The zero-order valence-electron chi connectivity index (χ0n) is 10.4. The number of hydrogen-bond acceptors (Lipinski definition) is 5. The molecule has 7 heteroatoms. The molecule has 0 saturated heterocycles. The fourth-order valence-corrected chi connectivity index (χ4v) is 3.18. The van der Waals surface area contributed by atoms with Crippen molar-refractivity contribution in [2.45, 2.75) is 26.8 Å². The predicted octanol–water partition coefficient (Wildman–Crippen LogP) is 0.376. The molecule has 3 unspecified atom stereocenters. The summed E-state index contributed by atoms with van der Waals surface area (Å²) in [6.45, 7) is 5.39. The maximum absolute atomic E-state index is 11.9. The molecule has 0 radical (unpaired) electrons. The first-order chi connectivity index (χ1) is 8.47.